The summed E-state index contributed by atoms with van der Waals surface area (Å²) in [4.78, 5) is 2.25. The lowest BCUT2D eigenvalue weighted by atomic mass is 10.2. The van der Waals surface area contributed by atoms with E-state index in [0.29, 0.717) is 13.0 Å². The fourth-order valence-corrected chi connectivity index (χ4v) is 3.39. The SMILES string of the molecule is CCCCC(F)OCc1ccccc1.c1ccc(N(c2ccccc2)c2ccccc2)cc1. The minimum absolute atomic E-state index is 0.367. The highest BCUT2D eigenvalue weighted by Crippen LogP contribution is 2.33. The van der Waals surface area contributed by atoms with E-state index in [4.69, 9.17) is 4.74 Å². The van der Waals surface area contributed by atoms with Crippen molar-refractivity contribution in [3.05, 3.63) is 127 Å². The third kappa shape index (κ3) is 8.21. The van der Waals surface area contributed by atoms with E-state index in [-0.39, 0.29) is 0 Å². The Balaban J connectivity index is 0.000000196. The molecular weight excluding hydrogens is 409 g/mol. The van der Waals surface area contributed by atoms with Gasteiger partial charge < -0.3 is 9.64 Å². The highest BCUT2D eigenvalue weighted by atomic mass is 19.1. The van der Waals surface area contributed by atoms with E-state index in [1.165, 1.54) is 17.1 Å². The third-order valence-corrected chi connectivity index (χ3v) is 5.10. The third-order valence-electron chi connectivity index (χ3n) is 5.10. The molecule has 0 radical (unpaired) electrons. The van der Waals surface area contributed by atoms with E-state index in [2.05, 4.69) is 77.7 Å². The Kier molecular flexibility index (Phi) is 10.2. The average Bonchev–Trinajstić information content (AvgIpc) is 2.89. The van der Waals surface area contributed by atoms with Crippen LogP contribution in [0.2, 0.25) is 0 Å². The van der Waals surface area contributed by atoms with Gasteiger partial charge in [-0.3, -0.25) is 0 Å². The zero-order valence-electron chi connectivity index (χ0n) is 19.2. The van der Waals surface area contributed by atoms with Gasteiger partial charge in [-0.15, -0.1) is 0 Å². The van der Waals surface area contributed by atoms with Crippen LogP contribution in [0.3, 0.4) is 0 Å². The molecule has 0 saturated carbocycles. The maximum absolute atomic E-state index is 13.1. The summed E-state index contributed by atoms with van der Waals surface area (Å²) < 4.78 is 18.1. The van der Waals surface area contributed by atoms with Crippen molar-refractivity contribution in [2.24, 2.45) is 0 Å². The van der Waals surface area contributed by atoms with Gasteiger partial charge in [-0.2, -0.15) is 0 Å². The second-order valence-corrected chi connectivity index (χ2v) is 7.69. The first-order valence-electron chi connectivity index (χ1n) is 11.5. The second-order valence-electron chi connectivity index (χ2n) is 7.69. The number of ether oxygens (including phenoxy) is 1. The van der Waals surface area contributed by atoms with Crippen LogP contribution in [-0.2, 0) is 11.3 Å². The highest BCUT2D eigenvalue weighted by molar-refractivity contribution is 5.76. The molecule has 1 unspecified atom stereocenters. The number of hydrogen-bond donors (Lipinski definition) is 0. The van der Waals surface area contributed by atoms with E-state index in [1.807, 2.05) is 55.5 Å². The summed E-state index contributed by atoms with van der Waals surface area (Å²) in [5.74, 6) is 0. The Morgan fingerprint density at radius 1 is 0.636 bits per heavy atom. The van der Waals surface area contributed by atoms with Gasteiger partial charge in [-0.25, -0.2) is 4.39 Å². The summed E-state index contributed by atoms with van der Waals surface area (Å²) in [6.45, 7) is 2.41. The van der Waals surface area contributed by atoms with Crippen LogP contribution in [0.4, 0.5) is 21.5 Å². The topological polar surface area (TPSA) is 12.5 Å². The van der Waals surface area contributed by atoms with Crippen LogP contribution >= 0.6 is 0 Å². The van der Waals surface area contributed by atoms with Gasteiger partial charge in [0.15, 0.2) is 6.36 Å². The molecule has 33 heavy (non-hydrogen) atoms. The smallest absolute Gasteiger partial charge is 0.199 e. The Morgan fingerprint density at radius 3 is 1.42 bits per heavy atom. The molecular formula is C30H32FNO. The highest BCUT2D eigenvalue weighted by Gasteiger charge is 2.10. The fourth-order valence-electron chi connectivity index (χ4n) is 3.39. The number of benzene rings is 4. The quantitative estimate of drug-likeness (QED) is 0.257. The van der Waals surface area contributed by atoms with Crippen molar-refractivity contribution in [3.8, 4) is 0 Å². The van der Waals surface area contributed by atoms with Crippen LogP contribution in [0.1, 0.15) is 31.7 Å². The van der Waals surface area contributed by atoms with Crippen molar-refractivity contribution in [1.29, 1.82) is 0 Å². The summed E-state index contributed by atoms with van der Waals surface area (Å²) in [5.41, 5.74) is 4.52. The summed E-state index contributed by atoms with van der Waals surface area (Å²) in [5, 5.41) is 0. The number of nitrogens with zero attached hydrogens (tertiary/aromatic N) is 1. The van der Waals surface area contributed by atoms with Gasteiger partial charge in [0.05, 0.1) is 6.61 Å². The second kappa shape index (κ2) is 13.9. The number of anilines is 3. The van der Waals surface area contributed by atoms with E-state index in [0.717, 1.165) is 18.4 Å². The molecule has 3 heteroatoms. The number of hydrogen-bond acceptors (Lipinski definition) is 2. The minimum Gasteiger partial charge on any atom is -0.343 e. The first kappa shape index (κ1) is 24.2. The molecule has 0 aliphatic carbocycles. The molecule has 0 aromatic heterocycles. The molecule has 2 nitrogen and oxygen atoms in total. The Morgan fingerprint density at radius 2 is 1.03 bits per heavy atom. The van der Waals surface area contributed by atoms with Crippen LogP contribution < -0.4 is 4.90 Å². The fraction of sp³-hybridized carbons (Fsp3) is 0.200. The van der Waals surface area contributed by atoms with E-state index in [9.17, 15) is 4.39 Å². The first-order valence-corrected chi connectivity index (χ1v) is 11.5. The summed E-state index contributed by atoms with van der Waals surface area (Å²) in [7, 11) is 0. The molecule has 4 aromatic carbocycles. The molecule has 0 fully saturated rings. The van der Waals surface area contributed by atoms with Crippen molar-refractivity contribution < 1.29 is 9.13 Å². The van der Waals surface area contributed by atoms with Gasteiger partial charge in [0.25, 0.3) is 0 Å². The van der Waals surface area contributed by atoms with Crippen molar-refractivity contribution in [1.82, 2.24) is 0 Å². The predicted octanol–water partition coefficient (Wildman–Crippen LogP) is 8.85. The summed E-state index contributed by atoms with van der Waals surface area (Å²) in [6.07, 6.45) is 1.28. The molecule has 0 bridgehead atoms. The molecule has 170 valence electrons. The van der Waals surface area contributed by atoms with Crippen LogP contribution in [-0.4, -0.2) is 6.36 Å². The average molecular weight is 442 g/mol. The number of halogens is 1. The van der Waals surface area contributed by atoms with Crippen molar-refractivity contribution >= 4 is 17.1 Å². The van der Waals surface area contributed by atoms with E-state index in [1.54, 1.807) is 0 Å². The molecule has 4 rings (SSSR count). The van der Waals surface area contributed by atoms with Gasteiger partial charge in [0.1, 0.15) is 0 Å². The minimum atomic E-state index is -1.12. The van der Waals surface area contributed by atoms with E-state index >= 15 is 0 Å². The molecule has 0 heterocycles. The largest absolute Gasteiger partial charge is 0.343 e. The van der Waals surface area contributed by atoms with Gasteiger partial charge in [-0.05, 0) is 48.4 Å². The van der Waals surface area contributed by atoms with E-state index < -0.39 is 6.36 Å². The lowest BCUT2D eigenvalue weighted by Crippen LogP contribution is -2.09. The molecule has 0 aliphatic heterocycles. The number of alkyl halides is 1. The maximum atomic E-state index is 13.1. The van der Waals surface area contributed by atoms with Crippen molar-refractivity contribution in [2.45, 2.75) is 39.2 Å². The van der Waals surface area contributed by atoms with Crippen LogP contribution in [0, 0.1) is 0 Å². The molecule has 0 N–H and O–H groups in total. The monoisotopic (exact) mass is 441 g/mol. The van der Waals surface area contributed by atoms with Crippen LogP contribution in [0.5, 0.6) is 0 Å². The molecule has 0 amide bonds. The Bertz CT molecular complexity index is 916. The molecule has 0 spiro atoms. The van der Waals surface area contributed by atoms with Crippen molar-refractivity contribution in [3.63, 3.8) is 0 Å². The first-order chi connectivity index (χ1) is 16.3. The lowest BCUT2D eigenvalue weighted by molar-refractivity contribution is -0.0545. The van der Waals surface area contributed by atoms with Gasteiger partial charge in [0, 0.05) is 23.5 Å². The molecule has 1 atom stereocenters. The van der Waals surface area contributed by atoms with Crippen molar-refractivity contribution in [2.75, 3.05) is 4.90 Å². The molecule has 4 aromatic rings. The van der Waals surface area contributed by atoms with Gasteiger partial charge in [0.2, 0.25) is 0 Å². The summed E-state index contributed by atoms with van der Waals surface area (Å²) >= 11 is 0. The summed E-state index contributed by atoms with van der Waals surface area (Å²) in [6, 6.07) is 40.9. The van der Waals surface area contributed by atoms with Gasteiger partial charge >= 0.3 is 0 Å². The number of rotatable bonds is 9. The normalized spacial score (nSPS) is 11.2. The standard InChI is InChI=1S/C18H15N.C12H17FO/c1-4-10-16(11-5-1)19(17-12-6-2-7-13-17)18-14-8-3-9-15-18;1-2-3-9-12(13)14-10-11-7-5-4-6-8-11/h1-15H;4-8,12H,2-3,9-10H2,1H3. The van der Waals surface area contributed by atoms with Gasteiger partial charge in [-0.1, -0.05) is 98.3 Å². The Hall–Kier alpha value is -3.43. The van der Waals surface area contributed by atoms with Crippen LogP contribution in [0.15, 0.2) is 121 Å². The Labute approximate surface area is 197 Å². The molecule has 0 saturated heterocycles. The zero-order chi connectivity index (χ0) is 23.1. The number of para-hydroxylation sites is 3. The van der Waals surface area contributed by atoms with Crippen LogP contribution in [0.25, 0.3) is 0 Å². The molecule has 0 aliphatic rings. The maximum Gasteiger partial charge on any atom is 0.199 e. The predicted molar refractivity (Wildman–Crippen MR) is 137 cm³/mol. The number of unbranched alkanes of at least 4 members (excludes halogenated alkanes) is 1. The lowest BCUT2D eigenvalue weighted by Gasteiger charge is -2.25. The zero-order valence-corrected chi connectivity index (χ0v) is 19.2.